The first kappa shape index (κ1) is 24.6. The lowest BCUT2D eigenvalue weighted by Crippen LogP contribution is -2.34. The van der Waals surface area contributed by atoms with Crippen LogP contribution in [0.25, 0.3) is 0 Å². The zero-order valence-corrected chi connectivity index (χ0v) is 19.6. The molecule has 0 aliphatic carbocycles. The Hall–Kier alpha value is -2.67. The number of rotatable bonds is 9. The number of carbonyl (C=O) groups excluding carboxylic acids is 2. The van der Waals surface area contributed by atoms with Gasteiger partial charge in [-0.2, -0.15) is 0 Å². The van der Waals surface area contributed by atoms with Crippen LogP contribution < -0.4 is 10.1 Å². The average Bonchev–Trinajstić information content (AvgIpc) is 2.71. The van der Waals surface area contributed by atoms with E-state index < -0.39 is 11.7 Å². The Labute approximate surface area is 188 Å². The Morgan fingerprint density at radius 1 is 1.03 bits per heavy atom. The number of alkyl carbamates (subject to hydrolysis) is 1. The molecule has 0 aliphatic rings. The molecule has 1 amide bonds. The third-order valence-electron chi connectivity index (χ3n) is 4.15. The smallest absolute Gasteiger partial charge is 0.407 e. The quantitative estimate of drug-likeness (QED) is 0.340. The fourth-order valence-corrected chi connectivity index (χ4v) is 3.75. The predicted octanol–water partition coefficient (Wildman–Crippen LogP) is 4.77. The topological polar surface area (TPSA) is 73.9 Å². The van der Waals surface area contributed by atoms with Gasteiger partial charge in [-0.3, -0.25) is 4.79 Å². The van der Waals surface area contributed by atoms with Crippen molar-refractivity contribution in [1.82, 2.24) is 5.32 Å². The lowest BCUT2D eigenvalue weighted by Gasteiger charge is -2.19. The van der Waals surface area contributed by atoms with Gasteiger partial charge >= 0.3 is 12.1 Å². The fraction of sp³-hybridized carbons (Fsp3) is 0.417. The van der Waals surface area contributed by atoms with E-state index in [0.29, 0.717) is 25.3 Å². The summed E-state index contributed by atoms with van der Waals surface area (Å²) in [5, 5.41) is 2.32. The van der Waals surface area contributed by atoms with Crippen LogP contribution in [-0.2, 0) is 20.7 Å². The van der Waals surface area contributed by atoms with Gasteiger partial charge in [-0.05, 0) is 63.9 Å². The summed E-state index contributed by atoms with van der Waals surface area (Å²) < 4.78 is 15.8. The number of benzene rings is 2. The van der Waals surface area contributed by atoms with Crippen molar-refractivity contribution in [3.05, 3.63) is 59.7 Å². The van der Waals surface area contributed by atoms with Gasteiger partial charge in [0.15, 0.2) is 0 Å². The number of ether oxygens (including phenoxy) is 3. The van der Waals surface area contributed by atoms with Crippen molar-refractivity contribution >= 4 is 23.8 Å². The average molecular weight is 446 g/mol. The maximum absolute atomic E-state index is 12.3. The highest BCUT2D eigenvalue weighted by Crippen LogP contribution is 2.27. The minimum Gasteiger partial charge on any atom is -0.492 e. The summed E-state index contributed by atoms with van der Waals surface area (Å²) in [6, 6.07) is 15.7. The second-order valence-corrected chi connectivity index (χ2v) is 9.34. The molecule has 2 aromatic rings. The van der Waals surface area contributed by atoms with Crippen LogP contribution in [0.1, 0.15) is 31.9 Å². The maximum atomic E-state index is 12.3. The van der Waals surface area contributed by atoms with Gasteiger partial charge in [-0.25, -0.2) is 4.79 Å². The van der Waals surface area contributed by atoms with Gasteiger partial charge in [-0.15, -0.1) is 11.8 Å². The molecule has 0 saturated carbocycles. The zero-order chi connectivity index (χ0) is 22.9. The molecule has 0 aliphatic heterocycles. The third-order valence-corrected chi connectivity index (χ3v) is 5.33. The molecular formula is C24H31NO5S. The van der Waals surface area contributed by atoms with Crippen molar-refractivity contribution < 1.29 is 23.8 Å². The minimum absolute atomic E-state index is 0.251. The molecule has 2 rings (SSSR count). The summed E-state index contributed by atoms with van der Waals surface area (Å²) in [6.45, 7) is 8.14. The van der Waals surface area contributed by atoms with E-state index in [1.54, 1.807) is 0 Å². The highest BCUT2D eigenvalue weighted by molar-refractivity contribution is 8.00. The number of hydrogen-bond donors (Lipinski definition) is 1. The summed E-state index contributed by atoms with van der Waals surface area (Å²) in [4.78, 5) is 24.9. The van der Waals surface area contributed by atoms with E-state index in [0.717, 1.165) is 10.5 Å². The molecule has 1 atom stereocenters. The number of amides is 1. The van der Waals surface area contributed by atoms with Crippen LogP contribution in [0.4, 0.5) is 4.79 Å². The second-order valence-electron chi connectivity index (χ2n) is 8.07. The number of esters is 1. The Bertz CT molecular complexity index is 844. The molecule has 6 nitrogen and oxygen atoms in total. The summed E-state index contributed by atoms with van der Waals surface area (Å²) in [7, 11) is 1.41. The number of nitrogens with one attached hydrogen (secondary N) is 1. The van der Waals surface area contributed by atoms with E-state index in [9.17, 15) is 9.59 Å². The molecule has 1 unspecified atom stereocenters. The highest BCUT2D eigenvalue weighted by Gasteiger charge is 2.21. The lowest BCUT2D eigenvalue weighted by molar-refractivity contribution is -0.139. The molecule has 2 aromatic carbocycles. The van der Waals surface area contributed by atoms with Gasteiger partial charge in [0, 0.05) is 4.90 Å². The SMILES string of the molecule is COC(=O)C(Cc1ccc(OCCNC(=O)OC(C)(C)C)cc1)Sc1ccc(C)cc1. The molecule has 0 spiro atoms. The van der Waals surface area contributed by atoms with Crippen LogP contribution in [0, 0.1) is 6.92 Å². The van der Waals surface area contributed by atoms with Gasteiger partial charge in [-0.1, -0.05) is 29.8 Å². The fourth-order valence-electron chi connectivity index (χ4n) is 2.66. The number of hydrogen-bond acceptors (Lipinski definition) is 6. The molecule has 7 heteroatoms. The first-order chi connectivity index (χ1) is 14.7. The zero-order valence-electron chi connectivity index (χ0n) is 18.8. The largest absolute Gasteiger partial charge is 0.492 e. The van der Waals surface area contributed by atoms with Crippen LogP contribution in [0.5, 0.6) is 5.75 Å². The van der Waals surface area contributed by atoms with Gasteiger partial charge in [0.1, 0.15) is 23.2 Å². The Balaban J connectivity index is 1.85. The summed E-state index contributed by atoms with van der Waals surface area (Å²) >= 11 is 1.49. The molecule has 31 heavy (non-hydrogen) atoms. The Morgan fingerprint density at radius 2 is 1.68 bits per heavy atom. The molecule has 0 heterocycles. The first-order valence-corrected chi connectivity index (χ1v) is 11.0. The molecule has 0 saturated heterocycles. The molecular weight excluding hydrogens is 414 g/mol. The maximum Gasteiger partial charge on any atom is 0.407 e. The van der Waals surface area contributed by atoms with Crippen LogP contribution in [-0.4, -0.2) is 43.2 Å². The molecule has 0 radical (unpaired) electrons. The van der Waals surface area contributed by atoms with Gasteiger partial charge in [0.2, 0.25) is 0 Å². The van der Waals surface area contributed by atoms with E-state index in [1.165, 1.54) is 24.4 Å². The number of carbonyl (C=O) groups is 2. The van der Waals surface area contributed by atoms with Crippen molar-refractivity contribution in [3.63, 3.8) is 0 Å². The van der Waals surface area contributed by atoms with Gasteiger partial charge < -0.3 is 19.5 Å². The van der Waals surface area contributed by atoms with E-state index in [2.05, 4.69) is 5.32 Å². The second kappa shape index (κ2) is 11.6. The summed E-state index contributed by atoms with van der Waals surface area (Å²) in [5.74, 6) is 0.440. The van der Waals surface area contributed by atoms with Crippen molar-refractivity contribution in [3.8, 4) is 5.75 Å². The molecule has 168 valence electrons. The monoisotopic (exact) mass is 445 g/mol. The normalized spacial score (nSPS) is 12.0. The van der Waals surface area contributed by atoms with Gasteiger partial charge in [0.05, 0.1) is 13.7 Å². The van der Waals surface area contributed by atoms with E-state index in [1.807, 2.05) is 76.2 Å². The van der Waals surface area contributed by atoms with Crippen LogP contribution in [0.2, 0.25) is 0 Å². The van der Waals surface area contributed by atoms with Crippen LogP contribution in [0.3, 0.4) is 0 Å². The molecule has 1 N–H and O–H groups in total. The Morgan fingerprint density at radius 3 is 2.26 bits per heavy atom. The van der Waals surface area contributed by atoms with E-state index in [-0.39, 0.29) is 11.2 Å². The summed E-state index contributed by atoms with van der Waals surface area (Å²) in [6.07, 6.45) is 0.0810. The Kier molecular flexibility index (Phi) is 9.24. The predicted molar refractivity (Wildman–Crippen MR) is 123 cm³/mol. The minimum atomic E-state index is -0.527. The van der Waals surface area contributed by atoms with E-state index >= 15 is 0 Å². The van der Waals surface area contributed by atoms with Crippen LogP contribution in [0.15, 0.2) is 53.4 Å². The van der Waals surface area contributed by atoms with Crippen LogP contribution >= 0.6 is 11.8 Å². The molecule has 0 aromatic heterocycles. The molecule has 0 fully saturated rings. The highest BCUT2D eigenvalue weighted by atomic mass is 32.2. The number of aryl methyl sites for hydroxylation is 1. The summed E-state index contributed by atoms with van der Waals surface area (Å²) in [5.41, 5.74) is 1.66. The van der Waals surface area contributed by atoms with Crippen molar-refractivity contribution in [2.24, 2.45) is 0 Å². The third kappa shape index (κ3) is 9.34. The van der Waals surface area contributed by atoms with Crippen molar-refractivity contribution in [1.29, 1.82) is 0 Å². The first-order valence-electron chi connectivity index (χ1n) is 10.2. The van der Waals surface area contributed by atoms with Crippen molar-refractivity contribution in [2.75, 3.05) is 20.3 Å². The standard InChI is InChI=1S/C24H31NO5S/c1-17-6-12-20(13-7-17)31-21(22(26)28-5)16-18-8-10-19(11-9-18)29-15-14-25-23(27)30-24(2,3)4/h6-13,21H,14-16H2,1-5H3,(H,25,27). The number of thioether (sulfide) groups is 1. The van der Waals surface area contributed by atoms with Gasteiger partial charge in [0.25, 0.3) is 0 Å². The molecule has 0 bridgehead atoms. The lowest BCUT2D eigenvalue weighted by atomic mass is 10.1. The number of methoxy groups -OCH3 is 1. The van der Waals surface area contributed by atoms with E-state index in [4.69, 9.17) is 14.2 Å². The van der Waals surface area contributed by atoms with Crippen molar-refractivity contribution in [2.45, 2.75) is 49.9 Å².